The van der Waals surface area contributed by atoms with Crippen LogP contribution >= 0.6 is 0 Å². The van der Waals surface area contributed by atoms with E-state index in [1.165, 1.54) is 0 Å². The maximum atomic E-state index is 13.9. The molecule has 0 aliphatic carbocycles. The van der Waals surface area contributed by atoms with Crippen molar-refractivity contribution in [2.75, 3.05) is 26.2 Å². The molecule has 5 rings (SSSR count). The van der Waals surface area contributed by atoms with E-state index >= 15 is 0 Å². The lowest BCUT2D eigenvalue weighted by atomic mass is 9.95. The number of urea groups is 1. The lowest BCUT2D eigenvalue weighted by molar-refractivity contribution is -0.142. The molecule has 200 valence electrons. The van der Waals surface area contributed by atoms with Crippen LogP contribution in [0.5, 0.6) is 11.5 Å². The molecule has 2 N–H and O–H groups in total. The Hall–Kier alpha value is -3.85. The second kappa shape index (κ2) is 10.5. The third-order valence-corrected chi connectivity index (χ3v) is 7.45. The normalized spacial score (nSPS) is 21.4. The Balaban J connectivity index is 1.41. The Morgan fingerprint density at radius 3 is 2.61 bits per heavy atom. The van der Waals surface area contributed by atoms with Crippen molar-refractivity contribution >= 4 is 17.8 Å². The lowest BCUT2D eigenvalue weighted by Gasteiger charge is -2.35. The van der Waals surface area contributed by atoms with Crippen molar-refractivity contribution in [2.24, 2.45) is 0 Å². The summed E-state index contributed by atoms with van der Waals surface area (Å²) in [7, 11) is 0. The van der Waals surface area contributed by atoms with Gasteiger partial charge in [0.2, 0.25) is 5.91 Å². The average molecular weight is 519 g/mol. The predicted molar refractivity (Wildman–Crippen MR) is 141 cm³/mol. The summed E-state index contributed by atoms with van der Waals surface area (Å²) < 4.78 is 11.6. The van der Waals surface area contributed by atoms with Crippen LogP contribution in [0.15, 0.2) is 65.9 Å². The monoisotopic (exact) mass is 518 g/mol. The lowest BCUT2D eigenvalue weighted by Crippen LogP contribution is -2.57. The standard InChI is InChI=1S/C29H34N4O5/c1-4-32-23-18-33(29(2,3)27(35)30-17-22-14-9-15-37-22)26(34)24(23)25(31-28(32)36)19-10-8-13-21(16-19)38-20-11-6-5-7-12-20/h5-8,10-13,16,22,25H,4,9,14-15,17-18H2,1-3H3,(H,30,35)(H,31,36)/t22-,25-/m0/s1. The number of nitrogens with zero attached hydrogens (tertiary/aromatic N) is 2. The fraction of sp³-hybridized carbons (Fsp3) is 0.414. The van der Waals surface area contributed by atoms with Crippen LogP contribution in [0.3, 0.4) is 0 Å². The summed E-state index contributed by atoms with van der Waals surface area (Å²) >= 11 is 0. The molecule has 0 spiro atoms. The van der Waals surface area contributed by atoms with Gasteiger partial charge in [0.25, 0.3) is 5.91 Å². The molecule has 0 radical (unpaired) electrons. The maximum Gasteiger partial charge on any atom is 0.322 e. The van der Waals surface area contributed by atoms with Gasteiger partial charge in [-0.05, 0) is 63.4 Å². The first kappa shape index (κ1) is 25.8. The summed E-state index contributed by atoms with van der Waals surface area (Å²) in [6.07, 6.45) is 1.90. The van der Waals surface area contributed by atoms with E-state index in [-0.39, 0.29) is 30.5 Å². The number of ether oxygens (including phenoxy) is 2. The van der Waals surface area contributed by atoms with Gasteiger partial charge >= 0.3 is 6.03 Å². The molecule has 3 aliphatic heterocycles. The first-order valence-corrected chi connectivity index (χ1v) is 13.2. The van der Waals surface area contributed by atoms with Gasteiger partial charge in [0.1, 0.15) is 17.0 Å². The van der Waals surface area contributed by atoms with Crippen LogP contribution in [0, 0.1) is 0 Å². The molecule has 38 heavy (non-hydrogen) atoms. The number of para-hydroxylation sites is 1. The molecule has 2 aromatic carbocycles. The van der Waals surface area contributed by atoms with Gasteiger partial charge in [0.05, 0.1) is 30.0 Å². The van der Waals surface area contributed by atoms with Crippen LogP contribution in [-0.4, -0.2) is 65.5 Å². The van der Waals surface area contributed by atoms with Gasteiger partial charge in [-0.1, -0.05) is 30.3 Å². The molecule has 0 aromatic heterocycles. The van der Waals surface area contributed by atoms with Gasteiger partial charge in [-0.25, -0.2) is 4.79 Å². The van der Waals surface area contributed by atoms with E-state index in [2.05, 4.69) is 10.6 Å². The Morgan fingerprint density at radius 1 is 1.13 bits per heavy atom. The number of amides is 4. The molecule has 4 amide bonds. The minimum atomic E-state index is -1.13. The fourth-order valence-electron chi connectivity index (χ4n) is 5.26. The van der Waals surface area contributed by atoms with Crippen molar-refractivity contribution in [1.82, 2.24) is 20.4 Å². The summed E-state index contributed by atoms with van der Waals surface area (Å²) in [6, 6.07) is 15.8. The Bertz CT molecular complexity index is 1250. The third kappa shape index (κ3) is 4.86. The van der Waals surface area contributed by atoms with Gasteiger partial charge in [-0.15, -0.1) is 0 Å². The number of carbonyl (C=O) groups is 3. The SMILES string of the molecule is CCN1C(=O)N[C@@H](c2cccc(Oc3ccccc3)c2)C2=C1CN(C(C)(C)C(=O)NC[C@@H]1CCCO1)C2=O. The van der Waals surface area contributed by atoms with E-state index in [9.17, 15) is 14.4 Å². The number of carbonyl (C=O) groups excluding carboxylic acids is 3. The number of hydrogen-bond acceptors (Lipinski definition) is 5. The molecular formula is C29H34N4O5. The number of likely N-dealkylation sites (N-methyl/N-ethyl adjacent to an activating group) is 1. The Labute approximate surface area is 222 Å². The molecule has 2 atom stereocenters. The average Bonchev–Trinajstić information content (AvgIpc) is 3.56. The molecule has 0 saturated carbocycles. The zero-order valence-corrected chi connectivity index (χ0v) is 22.0. The molecule has 3 heterocycles. The van der Waals surface area contributed by atoms with E-state index in [1.807, 2.05) is 61.5 Å². The van der Waals surface area contributed by atoms with E-state index in [0.29, 0.717) is 42.5 Å². The van der Waals surface area contributed by atoms with Crippen molar-refractivity contribution in [3.8, 4) is 11.5 Å². The fourth-order valence-corrected chi connectivity index (χ4v) is 5.26. The van der Waals surface area contributed by atoms with E-state index in [1.54, 1.807) is 23.6 Å². The molecule has 1 fully saturated rings. The Kier molecular flexibility index (Phi) is 7.12. The van der Waals surface area contributed by atoms with Gasteiger partial charge in [-0.3, -0.25) is 14.5 Å². The van der Waals surface area contributed by atoms with Crippen molar-refractivity contribution in [3.05, 3.63) is 71.4 Å². The molecule has 2 aromatic rings. The van der Waals surface area contributed by atoms with Gasteiger partial charge in [-0.2, -0.15) is 0 Å². The number of benzene rings is 2. The smallest absolute Gasteiger partial charge is 0.322 e. The summed E-state index contributed by atoms with van der Waals surface area (Å²) in [5, 5.41) is 5.96. The number of nitrogens with one attached hydrogen (secondary N) is 2. The predicted octanol–water partition coefficient (Wildman–Crippen LogP) is 3.74. The van der Waals surface area contributed by atoms with Crippen LogP contribution in [0.2, 0.25) is 0 Å². The highest BCUT2D eigenvalue weighted by molar-refractivity contribution is 6.04. The molecule has 0 unspecified atom stereocenters. The molecule has 3 aliphatic rings. The van der Waals surface area contributed by atoms with Crippen molar-refractivity contribution in [1.29, 1.82) is 0 Å². The summed E-state index contributed by atoms with van der Waals surface area (Å²) in [6.45, 7) is 7.04. The largest absolute Gasteiger partial charge is 0.457 e. The molecular weight excluding hydrogens is 484 g/mol. The highest BCUT2D eigenvalue weighted by Crippen LogP contribution is 2.39. The quantitative estimate of drug-likeness (QED) is 0.555. The highest BCUT2D eigenvalue weighted by Gasteiger charge is 2.49. The van der Waals surface area contributed by atoms with Crippen LogP contribution in [0.25, 0.3) is 0 Å². The van der Waals surface area contributed by atoms with E-state index < -0.39 is 11.6 Å². The zero-order chi connectivity index (χ0) is 26.9. The van der Waals surface area contributed by atoms with Crippen molar-refractivity contribution in [3.63, 3.8) is 0 Å². The third-order valence-electron chi connectivity index (χ3n) is 7.45. The minimum absolute atomic E-state index is 0.00234. The van der Waals surface area contributed by atoms with E-state index in [4.69, 9.17) is 9.47 Å². The summed E-state index contributed by atoms with van der Waals surface area (Å²) in [5.41, 5.74) is 0.702. The topological polar surface area (TPSA) is 100 Å². The molecule has 0 bridgehead atoms. The van der Waals surface area contributed by atoms with Crippen molar-refractivity contribution in [2.45, 2.75) is 51.3 Å². The number of hydrogen-bond donors (Lipinski definition) is 2. The first-order valence-electron chi connectivity index (χ1n) is 13.2. The van der Waals surface area contributed by atoms with Crippen molar-refractivity contribution < 1.29 is 23.9 Å². The van der Waals surface area contributed by atoms with Gasteiger partial charge in [0, 0.05) is 19.7 Å². The zero-order valence-electron chi connectivity index (χ0n) is 22.0. The summed E-state index contributed by atoms with van der Waals surface area (Å²) in [4.78, 5) is 43.4. The highest BCUT2D eigenvalue weighted by atomic mass is 16.5. The molecule has 1 saturated heterocycles. The van der Waals surface area contributed by atoms with Crippen LogP contribution < -0.4 is 15.4 Å². The minimum Gasteiger partial charge on any atom is -0.457 e. The van der Waals surface area contributed by atoms with Crippen LogP contribution in [0.1, 0.15) is 45.2 Å². The maximum absolute atomic E-state index is 13.9. The second-order valence-electron chi connectivity index (χ2n) is 10.3. The number of rotatable bonds is 8. The van der Waals surface area contributed by atoms with Crippen LogP contribution in [-0.2, 0) is 14.3 Å². The molecule has 9 nitrogen and oxygen atoms in total. The Morgan fingerprint density at radius 2 is 1.89 bits per heavy atom. The first-order chi connectivity index (χ1) is 18.3. The van der Waals surface area contributed by atoms with Crippen LogP contribution in [0.4, 0.5) is 4.79 Å². The second-order valence-corrected chi connectivity index (χ2v) is 10.3. The van der Waals surface area contributed by atoms with Gasteiger partial charge in [0.15, 0.2) is 0 Å². The summed E-state index contributed by atoms with van der Waals surface area (Å²) in [5.74, 6) is 0.765. The van der Waals surface area contributed by atoms with E-state index in [0.717, 1.165) is 18.4 Å². The molecule has 9 heteroatoms. The van der Waals surface area contributed by atoms with Gasteiger partial charge < -0.3 is 25.0 Å².